The van der Waals surface area contributed by atoms with Crippen molar-refractivity contribution >= 4 is 29.1 Å². The van der Waals surface area contributed by atoms with E-state index in [1.165, 1.54) is 12.2 Å². The molecule has 1 aromatic rings. The predicted octanol–water partition coefficient (Wildman–Crippen LogP) is 5.07. The molecule has 0 aliphatic carbocycles. The summed E-state index contributed by atoms with van der Waals surface area (Å²) in [5.74, 6) is 3.19. The Morgan fingerprint density at radius 3 is 2.90 bits per heavy atom. The van der Waals surface area contributed by atoms with E-state index >= 15 is 0 Å². The molecule has 2 rings (SSSR count). The van der Waals surface area contributed by atoms with Crippen LogP contribution in [0.5, 0.6) is 5.75 Å². The van der Waals surface area contributed by atoms with E-state index < -0.39 is 0 Å². The van der Waals surface area contributed by atoms with Crippen molar-refractivity contribution in [1.29, 1.82) is 0 Å². The largest absolute Gasteiger partial charge is 0.492 e. The first-order chi connectivity index (χ1) is 9.53. The highest BCUT2D eigenvalue weighted by molar-refractivity contribution is 7.99. The van der Waals surface area contributed by atoms with Gasteiger partial charge in [-0.1, -0.05) is 32.4 Å². The third-order valence-electron chi connectivity index (χ3n) is 3.85. The Kier molecular flexibility index (Phi) is 5.50. The average molecular weight is 314 g/mol. The van der Waals surface area contributed by atoms with E-state index in [1.807, 2.05) is 23.9 Å². The van der Waals surface area contributed by atoms with E-state index in [1.54, 1.807) is 0 Å². The molecule has 1 saturated heterocycles. The van der Waals surface area contributed by atoms with Gasteiger partial charge in [0.1, 0.15) is 5.75 Å². The molecule has 1 aliphatic heterocycles. The van der Waals surface area contributed by atoms with Crippen LogP contribution in [-0.2, 0) is 0 Å². The first-order valence-corrected chi connectivity index (χ1v) is 8.83. The number of hydrogen-bond acceptors (Lipinski definition) is 3. The zero-order valence-electron chi connectivity index (χ0n) is 12.5. The normalized spacial score (nSPS) is 21.5. The van der Waals surface area contributed by atoms with Crippen molar-refractivity contribution in [1.82, 2.24) is 0 Å². The molecule has 0 bridgehead atoms. The van der Waals surface area contributed by atoms with Gasteiger partial charge >= 0.3 is 0 Å². The molecular formula is C16H24ClNOS. The van der Waals surface area contributed by atoms with Gasteiger partial charge in [-0.05, 0) is 42.2 Å². The zero-order valence-corrected chi connectivity index (χ0v) is 14.1. The molecule has 1 aromatic carbocycles. The Hall–Kier alpha value is -0.540. The highest BCUT2D eigenvalue weighted by Gasteiger charge is 2.32. The van der Waals surface area contributed by atoms with Crippen molar-refractivity contribution in [3.63, 3.8) is 0 Å². The number of anilines is 1. The Bertz CT molecular complexity index is 450. The fourth-order valence-electron chi connectivity index (χ4n) is 2.29. The quantitative estimate of drug-likeness (QED) is 0.819. The molecule has 1 heterocycles. The summed E-state index contributed by atoms with van der Waals surface area (Å²) in [6.07, 6.45) is 2.24. The van der Waals surface area contributed by atoms with Crippen LogP contribution < -0.4 is 10.1 Å². The smallest absolute Gasteiger partial charge is 0.138 e. The van der Waals surface area contributed by atoms with Crippen molar-refractivity contribution in [2.24, 2.45) is 5.41 Å². The van der Waals surface area contributed by atoms with Crippen molar-refractivity contribution in [2.75, 3.05) is 23.4 Å². The minimum atomic E-state index is 0.328. The zero-order chi connectivity index (χ0) is 14.6. The molecule has 0 aromatic heterocycles. The monoisotopic (exact) mass is 313 g/mol. The molecule has 1 aliphatic rings. The second-order valence-corrected chi connectivity index (χ2v) is 7.56. The fraction of sp³-hybridized carbons (Fsp3) is 0.625. The third kappa shape index (κ3) is 3.98. The molecule has 2 nitrogen and oxygen atoms in total. The summed E-state index contributed by atoms with van der Waals surface area (Å²) < 4.78 is 5.61. The van der Waals surface area contributed by atoms with Crippen LogP contribution in [0.3, 0.4) is 0 Å². The number of halogens is 1. The highest BCUT2D eigenvalue weighted by Crippen LogP contribution is 2.37. The predicted molar refractivity (Wildman–Crippen MR) is 90.4 cm³/mol. The Labute approximate surface area is 131 Å². The van der Waals surface area contributed by atoms with Gasteiger partial charge in [0.25, 0.3) is 0 Å². The molecule has 4 heteroatoms. The van der Waals surface area contributed by atoms with Gasteiger partial charge in [0.05, 0.1) is 11.6 Å². The number of benzene rings is 1. The van der Waals surface area contributed by atoms with E-state index in [-0.39, 0.29) is 0 Å². The molecule has 1 fully saturated rings. The second kappa shape index (κ2) is 6.95. The highest BCUT2D eigenvalue weighted by atomic mass is 35.5. The topological polar surface area (TPSA) is 21.3 Å². The Balaban J connectivity index is 2.04. The molecule has 0 saturated carbocycles. The van der Waals surface area contributed by atoms with E-state index in [4.69, 9.17) is 16.3 Å². The Morgan fingerprint density at radius 1 is 1.45 bits per heavy atom. The second-order valence-electron chi connectivity index (χ2n) is 6.00. The standard InChI is InChI=1S/C16H24ClNOS/c1-4-8-19-14-6-5-12(10-13(14)17)18-15-11-20-9-7-16(15,2)3/h5-6,10,15,18H,4,7-9,11H2,1-3H3. The lowest BCUT2D eigenvalue weighted by Gasteiger charge is -2.39. The number of ether oxygens (including phenoxy) is 1. The van der Waals surface area contributed by atoms with Crippen LogP contribution in [0.1, 0.15) is 33.6 Å². The minimum absolute atomic E-state index is 0.328. The fourth-order valence-corrected chi connectivity index (χ4v) is 4.14. The summed E-state index contributed by atoms with van der Waals surface area (Å²) in [4.78, 5) is 0. The van der Waals surface area contributed by atoms with E-state index in [0.29, 0.717) is 23.1 Å². The maximum atomic E-state index is 6.28. The van der Waals surface area contributed by atoms with Gasteiger partial charge in [0.15, 0.2) is 0 Å². The maximum Gasteiger partial charge on any atom is 0.138 e. The third-order valence-corrected chi connectivity index (χ3v) is 5.21. The lowest BCUT2D eigenvalue weighted by molar-refractivity contribution is 0.305. The molecule has 1 N–H and O–H groups in total. The van der Waals surface area contributed by atoms with Crippen LogP contribution in [-0.4, -0.2) is 24.2 Å². The summed E-state index contributed by atoms with van der Waals surface area (Å²) >= 11 is 8.31. The Morgan fingerprint density at radius 2 is 2.25 bits per heavy atom. The lowest BCUT2D eigenvalue weighted by atomic mass is 9.82. The average Bonchev–Trinajstić information content (AvgIpc) is 2.40. The molecule has 112 valence electrons. The molecule has 0 spiro atoms. The molecule has 0 amide bonds. The molecule has 1 unspecified atom stereocenters. The SMILES string of the molecule is CCCOc1ccc(NC2CSCCC2(C)C)cc1Cl. The van der Waals surface area contributed by atoms with E-state index in [9.17, 15) is 0 Å². The van der Waals surface area contributed by atoms with Crippen LogP contribution in [0, 0.1) is 5.41 Å². The van der Waals surface area contributed by atoms with Crippen molar-refractivity contribution in [3.05, 3.63) is 23.2 Å². The molecule has 0 radical (unpaired) electrons. The first-order valence-electron chi connectivity index (χ1n) is 7.29. The number of hydrogen-bond donors (Lipinski definition) is 1. The number of rotatable bonds is 5. The lowest BCUT2D eigenvalue weighted by Crippen LogP contribution is -2.41. The van der Waals surface area contributed by atoms with Gasteiger partial charge in [-0.15, -0.1) is 0 Å². The number of nitrogens with one attached hydrogen (secondary N) is 1. The van der Waals surface area contributed by atoms with Crippen LogP contribution in [0.2, 0.25) is 5.02 Å². The summed E-state index contributed by atoms with van der Waals surface area (Å²) in [6, 6.07) is 6.48. The molecule has 20 heavy (non-hydrogen) atoms. The van der Waals surface area contributed by atoms with Crippen molar-refractivity contribution in [3.8, 4) is 5.75 Å². The van der Waals surface area contributed by atoms with Crippen LogP contribution in [0.25, 0.3) is 0 Å². The van der Waals surface area contributed by atoms with Gasteiger partial charge in [-0.2, -0.15) is 11.8 Å². The first kappa shape index (κ1) is 15.8. The van der Waals surface area contributed by atoms with Crippen LogP contribution >= 0.6 is 23.4 Å². The van der Waals surface area contributed by atoms with Crippen molar-refractivity contribution in [2.45, 2.75) is 39.7 Å². The van der Waals surface area contributed by atoms with E-state index in [2.05, 4.69) is 32.2 Å². The summed E-state index contributed by atoms with van der Waals surface area (Å²) in [6.45, 7) is 7.47. The van der Waals surface area contributed by atoms with Gasteiger partial charge in [-0.25, -0.2) is 0 Å². The number of thioether (sulfide) groups is 1. The molecule has 1 atom stereocenters. The van der Waals surface area contributed by atoms with E-state index in [0.717, 1.165) is 23.6 Å². The molecular weight excluding hydrogens is 290 g/mol. The van der Waals surface area contributed by atoms with Crippen LogP contribution in [0.15, 0.2) is 18.2 Å². The van der Waals surface area contributed by atoms with Gasteiger partial charge in [-0.3, -0.25) is 0 Å². The maximum absolute atomic E-state index is 6.28. The van der Waals surface area contributed by atoms with Gasteiger partial charge in [0.2, 0.25) is 0 Å². The van der Waals surface area contributed by atoms with Gasteiger partial charge in [0, 0.05) is 17.5 Å². The minimum Gasteiger partial charge on any atom is -0.492 e. The van der Waals surface area contributed by atoms with Crippen molar-refractivity contribution < 1.29 is 4.74 Å². The summed E-state index contributed by atoms with van der Waals surface area (Å²) in [5, 5.41) is 4.32. The summed E-state index contributed by atoms with van der Waals surface area (Å²) in [7, 11) is 0. The summed E-state index contributed by atoms with van der Waals surface area (Å²) in [5.41, 5.74) is 1.41. The van der Waals surface area contributed by atoms with Gasteiger partial charge < -0.3 is 10.1 Å². The van der Waals surface area contributed by atoms with Crippen LogP contribution in [0.4, 0.5) is 5.69 Å².